The fourth-order valence-corrected chi connectivity index (χ4v) is 2.73. The molecule has 0 amide bonds. The smallest absolute Gasteiger partial charge is 0.231 e. The van der Waals surface area contributed by atoms with Gasteiger partial charge in [0.2, 0.25) is 6.79 Å². The van der Waals surface area contributed by atoms with Gasteiger partial charge in [-0.2, -0.15) is 0 Å². The number of halogens is 1. The molecule has 8 heteroatoms. The molecule has 0 unspecified atom stereocenters. The fourth-order valence-electron chi connectivity index (χ4n) is 2.56. The van der Waals surface area contributed by atoms with Crippen molar-refractivity contribution in [3.63, 3.8) is 0 Å². The van der Waals surface area contributed by atoms with E-state index in [-0.39, 0.29) is 6.79 Å². The van der Waals surface area contributed by atoms with Crippen LogP contribution >= 0.6 is 11.6 Å². The molecule has 0 atom stereocenters. The quantitative estimate of drug-likeness (QED) is 0.633. The standard InChI is InChI=1S/C18H16ClN5O2/c1-10-2-3-11(19)6-13(10)24-18-16(20)17(21-8-22-18)23-12-4-5-14-15(7-12)26-9-25-14/h2-8H,9,20H2,1H3,(H2,21,22,23,24). The fraction of sp³-hybridized carbons (Fsp3) is 0.111. The van der Waals surface area contributed by atoms with Gasteiger partial charge in [-0.1, -0.05) is 17.7 Å². The number of anilines is 5. The molecule has 132 valence electrons. The van der Waals surface area contributed by atoms with E-state index in [0.29, 0.717) is 33.8 Å². The Morgan fingerprint density at radius 3 is 2.62 bits per heavy atom. The van der Waals surface area contributed by atoms with Crippen LogP contribution in [0.15, 0.2) is 42.7 Å². The van der Waals surface area contributed by atoms with Crippen LogP contribution in [0, 0.1) is 6.92 Å². The van der Waals surface area contributed by atoms with Crippen molar-refractivity contribution in [2.24, 2.45) is 0 Å². The Morgan fingerprint density at radius 2 is 1.77 bits per heavy atom. The molecule has 26 heavy (non-hydrogen) atoms. The topological polar surface area (TPSA) is 94.3 Å². The van der Waals surface area contributed by atoms with E-state index in [1.807, 2.05) is 43.3 Å². The first-order valence-electron chi connectivity index (χ1n) is 7.90. The number of hydrogen-bond acceptors (Lipinski definition) is 7. The number of nitrogens with one attached hydrogen (secondary N) is 2. The van der Waals surface area contributed by atoms with Crippen molar-refractivity contribution in [3.05, 3.63) is 53.3 Å². The average Bonchev–Trinajstić information content (AvgIpc) is 3.09. The summed E-state index contributed by atoms with van der Waals surface area (Å²) in [6.45, 7) is 2.20. The molecule has 3 aromatic rings. The Labute approximate surface area is 155 Å². The van der Waals surface area contributed by atoms with E-state index in [2.05, 4.69) is 20.6 Å². The highest BCUT2D eigenvalue weighted by atomic mass is 35.5. The molecule has 0 bridgehead atoms. The minimum Gasteiger partial charge on any atom is -0.454 e. The summed E-state index contributed by atoms with van der Waals surface area (Å²) in [5, 5.41) is 7.01. The second-order valence-electron chi connectivity index (χ2n) is 5.76. The molecule has 2 aromatic carbocycles. The first-order valence-corrected chi connectivity index (χ1v) is 8.28. The Morgan fingerprint density at radius 1 is 1.00 bits per heavy atom. The molecule has 0 saturated heterocycles. The molecule has 1 aliphatic heterocycles. The first-order chi connectivity index (χ1) is 12.6. The Hall–Kier alpha value is -3.19. The minimum absolute atomic E-state index is 0.224. The van der Waals surface area contributed by atoms with Crippen molar-refractivity contribution in [2.75, 3.05) is 23.2 Å². The Bertz CT molecular complexity index is 980. The van der Waals surface area contributed by atoms with Crippen LogP contribution in [0.3, 0.4) is 0 Å². The van der Waals surface area contributed by atoms with E-state index in [0.717, 1.165) is 16.9 Å². The maximum Gasteiger partial charge on any atom is 0.231 e. The van der Waals surface area contributed by atoms with Crippen LogP contribution in [0.4, 0.5) is 28.7 Å². The first kappa shape index (κ1) is 16.3. The van der Waals surface area contributed by atoms with Crippen LogP contribution in [0.1, 0.15) is 5.56 Å². The van der Waals surface area contributed by atoms with E-state index >= 15 is 0 Å². The molecule has 4 N–H and O–H groups in total. The van der Waals surface area contributed by atoms with Crippen molar-refractivity contribution < 1.29 is 9.47 Å². The predicted molar refractivity (Wildman–Crippen MR) is 102 cm³/mol. The number of rotatable bonds is 4. The van der Waals surface area contributed by atoms with Gasteiger partial charge in [-0.15, -0.1) is 0 Å². The maximum atomic E-state index is 6.24. The van der Waals surface area contributed by atoms with E-state index in [1.54, 1.807) is 0 Å². The van der Waals surface area contributed by atoms with Crippen LogP contribution in [0.2, 0.25) is 5.02 Å². The van der Waals surface area contributed by atoms with E-state index in [4.69, 9.17) is 26.8 Å². The largest absolute Gasteiger partial charge is 0.454 e. The van der Waals surface area contributed by atoms with Gasteiger partial charge in [-0.25, -0.2) is 9.97 Å². The summed E-state index contributed by atoms with van der Waals surface area (Å²) in [6, 6.07) is 11.1. The Kier molecular flexibility index (Phi) is 4.14. The van der Waals surface area contributed by atoms with Crippen LogP contribution in [-0.2, 0) is 0 Å². The lowest BCUT2D eigenvalue weighted by Gasteiger charge is -2.14. The zero-order chi connectivity index (χ0) is 18.1. The van der Waals surface area contributed by atoms with Gasteiger partial charge in [0.1, 0.15) is 12.0 Å². The molecule has 1 aromatic heterocycles. The van der Waals surface area contributed by atoms with Gasteiger partial charge < -0.3 is 25.8 Å². The third-order valence-electron chi connectivity index (χ3n) is 3.97. The molecule has 0 radical (unpaired) electrons. The van der Waals surface area contributed by atoms with E-state index in [1.165, 1.54) is 6.33 Å². The summed E-state index contributed by atoms with van der Waals surface area (Å²) < 4.78 is 10.7. The van der Waals surface area contributed by atoms with Gasteiger partial charge >= 0.3 is 0 Å². The number of ether oxygens (including phenoxy) is 2. The van der Waals surface area contributed by atoms with Gasteiger partial charge in [0.15, 0.2) is 23.1 Å². The average molecular weight is 370 g/mol. The lowest BCUT2D eigenvalue weighted by atomic mass is 10.2. The van der Waals surface area contributed by atoms with Gasteiger partial charge in [-0.3, -0.25) is 0 Å². The van der Waals surface area contributed by atoms with Crippen molar-refractivity contribution in [1.82, 2.24) is 9.97 Å². The van der Waals surface area contributed by atoms with Gasteiger partial charge in [0, 0.05) is 22.5 Å². The number of nitrogens with two attached hydrogens (primary N) is 1. The normalized spacial score (nSPS) is 12.1. The number of nitrogens with zero attached hydrogens (tertiary/aromatic N) is 2. The SMILES string of the molecule is Cc1ccc(Cl)cc1Nc1ncnc(Nc2ccc3c(c2)OCO3)c1N. The third-order valence-corrected chi connectivity index (χ3v) is 4.21. The van der Waals surface area contributed by atoms with Crippen molar-refractivity contribution in [2.45, 2.75) is 6.92 Å². The molecular formula is C18H16ClN5O2. The second kappa shape index (κ2) is 6.61. The molecule has 7 nitrogen and oxygen atoms in total. The maximum absolute atomic E-state index is 6.24. The number of fused-ring (bicyclic) bond motifs is 1. The zero-order valence-corrected chi connectivity index (χ0v) is 14.7. The number of nitrogen functional groups attached to an aromatic ring is 1. The Balaban J connectivity index is 1.60. The lowest BCUT2D eigenvalue weighted by Crippen LogP contribution is -2.05. The van der Waals surface area contributed by atoms with Crippen LogP contribution in [0.25, 0.3) is 0 Å². The molecule has 0 saturated carbocycles. The second-order valence-corrected chi connectivity index (χ2v) is 6.20. The highest BCUT2D eigenvalue weighted by molar-refractivity contribution is 6.30. The molecule has 0 aliphatic carbocycles. The highest BCUT2D eigenvalue weighted by Gasteiger charge is 2.15. The number of aryl methyl sites for hydroxylation is 1. The van der Waals surface area contributed by atoms with E-state index < -0.39 is 0 Å². The van der Waals surface area contributed by atoms with Gasteiger partial charge in [0.05, 0.1) is 0 Å². The number of benzene rings is 2. The molecule has 0 fully saturated rings. The molecule has 1 aliphatic rings. The summed E-state index contributed by atoms with van der Waals surface area (Å²) in [5.74, 6) is 2.37. The monoisotopic (exact) mass is 369 g/mol. The van der Waals surface area contributed by atoms with Gasteiger partial charge in [-0.05, 0) is 36.8 Å². The highest BCUT2D eigenvalue weighted by Crippen LogP contribution is 2.36. The lowest BCUT2D eigenvalue weighted by molar-refractivity contribution is 0.174. The molecule has 0 spiro atoms. The third kappa shape index (κ3) is 3.16. The molecular weight excluding hydrogens is 354 g/mol. The summed E-state index contributed by atoms with van der Waals surface area (Å²) in [4.78, 5) is 8.45. The van der Waals surface area contributed by atoms with Crippen molar-refractivity contribution in [1.29, 1.82) is 0 Å². The van der Waals surface area contributed by atoms with Crippen molar-refractivity contribution in [3.8, 4) is 11.5 Å². The van der Waals surface area contributed by atoms with Crippen LogP contribution in [0.5, 0.6) is 11.5 Å². The summed E-state index contributed by atoms with van der Waals surface area (Å²) in [7, 11) is 0. The summed E-state index contributed by atoms with van der Waals surface area (Å²) >= 11 is 6.07. The minimum atomic E-state index is 0.224. The summed E-state index contributed by atoms with van der Waals surface area (Å²) in [6.07, 6.45) is 1.44. The summed E-state index contributed by atoms with van der Waals surface area (Å²) in [5.41, 5.74) is 9.27. The van der Waals surface area contributed by atoms with Crippen LogP contribution < -0.4 is 25.8 Å². The van der Waals surface area contributed by atoms with Crippen molar-refractivity contribution >= 4 is 40.3 Å². The van der Waals surface area contributed by atoms with Gasteiger partial charge in [0.25, 0.3) is 0 Å². The predicted octanol–water partition coefficient (Wildman–Crippen LogP) is 4.24. The number of hydrogen-bond donors (Lipinski definition) is 3. The number of aromatic nitrogens is 2. The molecule has 4 rings (SSSR count). The molecule has 2 heterocycles. The zero-order valence-electron chi connectivity index (χ0n) is 13.9. The van der Waals surface area contributed by atoms with E-state index in [9.17, 15) is 0 Å². The van der Waals surface area contributed by atoms with Crippen LogP contribution in [-0.4, -0.2) is 16.8 Å².